The molecule has 0 spiro atoms. The van der Waals surface area contributed by atoms with E-state index in [1.807, 2.05) is 6.07 Å². The van der Waals surface area contributed by atoms with Crippen LogP contribution >= 0.6 is 0 Å². The van der Waals surface area contributed by atoms with E-state index in [4.69, 9.17) is 4.52 Å². The second-order valence-electron chi connectivity index (χ2n) is 9.43. The molecule has 0 bridgehead atoms. The molecule has 5 aromatic rings. The number of imidazole rings is 1. The standard InChI is InChI=1S/C26H23N7O2/c1-31-14-27-25-23(31)26(34)33(15-28-25)13-21-29-24(30-35-21)22-19-11-32(12-20(19)22)18-9-5-8-17(10-18)16-6-3-2-4-7-16/h2-10,14-15,19-20,22H,11-13H2,1H3/t19-,20+,22+. The first-order chi connectivity index (χ1) is 17.2. The third-order valence-electron chi connectivity index (χ3n) is 7.30. The normalized spacial score (nSPS) is 20.9. The summed E-state index contributed by atoms with van der Waals surface area (Å²) in [7, 11) is 1.78. The van der Waals surface area contributed by atoms with Crippen LogP contribution in [0.15, 0.2) is 76.6 Å². The van der Waals surface area contributed by atoms with Crippen LogP contribution in [0.3, 0.4) is 0 Å². The Bertz CT molecular complexity index is 1590. The highest BCUT2D eigenvalue weighted by Crippen LogP contribution is 2.58. The van der Waals surface area contributed by atoms with Crippen molar-refractivity contribution in [1.82, 2.24) is 29.2 Å². The first kappa shape index (κ1) is 20.1. The van der Waals surface area contributed by atoms with Crippen molar-refractivity contribution < 1.29 is 4.52 Å². The van der Waals surface area contributed by atoms with Gasteiger partial charge in [-0.05, 0) is 35.1 Å². The first-order valence-corrected chi connectivity index (χ1v) is 11.7. The number of fused-ring (bicyclic) bond motifs is 2. The van der Waals surface area contributed by atoms with Gasteiger partial charge in [0, 0.05) is 31.7 Å². The lowest BCUT2D eigenvalue weighted by atomic mass is 10.0. The largest absolute Gasteiger partial charge is 0.371 e. The van der Waals surface area contributed by atoms with Crippen LogP contribution < -0.4 is 10.5 Å². The quantitative estimate of drug-likeness (QED) is 0.394. The second-order valence-corrected chi connectivity index (χ2v) is 9.43. The molecular weight excluding hydrogens is 442 g/mol. The minimum atomic E-state index is -0.175. The molecule has 1 saturated carbocycles. The van der Waals surface area contributed by atoms with Crippen LogP contribution in [0, 0.1) is 11.8 Å². The van der Waals surface area contributed by atoms with Gasteiger partial charge in [0.15, 0.2) is 17.0 Å². The molecule has 35 heavy (non-hydrogen) atoms. The first-order valence-electron chi connectivity index (χ1n) is 11.7. The maximum atomic E-state index is 12.8. The van der Waals surface area contributed by atoms with E-state index >= 15 is 0 Å². The number of anilines is 1. The van der Waals surface area contributed by atoms with Crippen molar-refractivity contribution in [3.8, 4) is 11.1 Å². The van der Waals surface area contributed by atoms with Crippen LogP contribution in [0.2, 0.25) is 0 Å². The molecule has 0 N–H and O–H groups in total. The summed E-state index contributed by atoms with van der Waals surface area (Å²) in [6, 6.07) is 19.2. The van der Waals surface area contributed by atoms with Gasteiger partial charge < -0.3 is 14.0 Å². The van der Waals surface area contributed by atoms with E-state index in [2.05, 4.69) is 73.5 Å². The molecule has 2 fully saturated rings. The molecule has 2 aliphatic rings. The summed E-state index contributed by atoms with van der Waals surface area (Å²) in [6.45, 7) is 2.16. The van der Waals surface area contributed by atoms with E-state index < -0.39 is 0 Å². The maximum absolute atomic E-state index is 12.8. The molecule has 0 unspecified atom stereocenters. The lowest BCUT2D eigenvalue weighted by molar-refractivity contribution is 0.363. The predicted molar refractivity (Wildman–Crippen MR) is 130 cm³/mol. The Morgan fingerprint density at radius 1 is 0.971 bits per heavy atom. The minimum Gasteiger partial charge on any atom is -0.371 e. The Hall–Kier alpha value is -4.27. The fourth-order valence-corrected chi connectivity index (χ4v) is 5.43. The average Bonchev–Trinajstić information content (AvgIpc) is 3.30. The highest BCUT2D eigenvalue weighted by Gasteiger charge is 2.58. The summed E-state index contributed by atoms with van der Waals surface area (Å²) >= 11 is 0. The molecule has 3 atom stereocenters. The number of benzene rings is 2. The van der Waals surface area contributed by atoms with Gasteiger partial charge in [0.2, 0.25) is 5.89 Å². The summed E-state index contributed by atoms with van der Waals surface area (Å²) in [4.78, 5) is 28.2. The van der Waals surface area contributed by atoms with Gasteiger partial charge in [-0.3, -0.25) is 9.36 Å². The van der Waals surface area contributed by atoms with E-state index in [9.17, 15) is 4.79 Å². The van der Waals surface area contributed by atoms with Gasteiger partial charge in [-0.1, -0.05) is 47.6 Å². The molecule has 1 saturated heterocycles. The number of nitrogens with zero attached hydrogens (tertiary/aromatic N) is 7. The van der Waals surface area contributed by atoms with Gasteiger partial charge in [-0.15, -0.1) is 0 Å². The van der Waals surface area contributed by atoms with E-state index in [-0.39, 0.29) is 12.1 Å². The van der Waals surface area contributed by atoms with Crippen molar-refractivity contribution in [2.75, 3.05) is 18.0 Å². The fourth-order valence-electron chi connectivity index (χ4n) is 5.43. The number of hydrogen-bond donors (Lipinski definition) is 0. The zero-order valence-corrected chi connectivity index (χ0v) is 19.2. The van der Waals surface area contributed by atoms with E-state index in [1.54, 1.807) is 17.9 Å². The molecule has 1 aliphatic carbocycles. The zero-order chi connectivity index (χ0) is 23.5. The van der Waals surface area contributed by atoms with Crippen molar-refractivity contribution in [1.29, 1.82) is 0 Å². The Labute approximate surface area is 200 Å². The molecule has 4 heterocycles. The van der Waals surface area contributed by atoms with Crippen molar-refractivity contribution in [2.45, 2.75) is 12.5 Å². The molecule has 3 aromatic heterocycles. The molecule has 0 amide bonds. The van der Waals surface area contributed by atoms with Crippen LogP contribution in [0.25, 0.3) is 22.3 Å². The molecule has 7 rings (SSSR count). The van der Waals surface area contributed by atoms with Crippen LogP contribution in [0.1, 0.15) is 17.6 Å². The van der Waals surface area contributed by atoms with Gasteiger partial charge in [0.05, 0.1) is 6.33 Å². The number of rotatable bonds is 5. The van der Waals surface area contributed by atoms with E-state index in [1.165, 1.54) is 27.7 Å². The molecule has 174 valence electrons. The van der Waals surface area contributed by atoms with Crippen molar-refractivity contribution in [3.05, 3.63) is 89.3 Å². The summed E-state index contributed by atoms with van der Waals surface area (Å²) in [6.07, 6.45) is 3.07. The Balaban J connectivity index is 1.05. The predicted octanol–water partition coefficient (Wildman–Crippen LogP) is 3.08. The Morgan fingerprint density at radius 3 is 2.57 bits per heavy atom. The smallest absolute Gasteiger partial charge is 0.280 e. The van der Waals surface area contributed by atoms with Gasteiger partial charge >= 0.3 is 0 Å². The van der Waals surface area contributed by atoms with Gasteiger partial charge in [0.1, 0.15) is 12.9 Å². The maximum Gasteiger partial charge on any atom is 0.280 e. The summed E-state index contributed by atoms with van der Waals surface area (Å²) in [5.41, 5.74) is 4.44. The lowest BCUT2D eigenvalue weighted by Crippen LogP contribution is -2.24. The van der Waals surface area contributed by atoms with Crippen LogP contribution in [-0.2, 0) is 13.6 Å². The van der Waals surface area contributed by atoms with Crippen molar-refractivity contribution in [2.24, 2.45) is 18.9 Å². The molecule has 1 aliphatic heterocycles. The van der Waals surface area contributed by atoms with Crippen molar-refractivity contribution in [3.63, 3.8) is 0 Å². The molecule has 9 nitrogen and oxygen atoms in total. The topological polar surface area (TPSA) is 94.9 Å². The van der Waals surface area contributed by atoms with Crippen LogP contribution in [0.5, 0.6) is 0 Å². The number of hydrogen-bond acceptors (Lipinski definition) is 7. The van der Waals surface area contributed by atoms with Crippen LogP contribution in [0.4, 0.5) is 5.69 Å². The second kappa shape index (κ2) is 7.63. The van der Waals surface area contributed by atoms with Crippen LogP contribution in [-0.4, -0.2) is 42.3 Å². The molecule has 2 aromatic carbocycles. The monoisotopic (exact) mass is 465 g/mol. The van der Waals surface area contributed by atoms with Gasteiger partial charge in [-0.25, -0.2) is 9.97 Å². The number of aromatic nitrogens is 6. The highest BCUT2D eigenvalue weighted by molar-refractivity contribution is 5.69. The summed E-state index contributed by atoms with van der Waals surface area (Å²) < 4.78 is 8.66. The Kier molecular flexibility index (Phi) is 4.39. The average molecular weight is 466 g/mol. The summed E-state index contributed by atoms with van der Waals surface area (Å²) in [5, 5.41) is 4.25. The molecule has 9 heteroatoms. The third kappa shape index (κ3) is 3.34. The highest BCUT2D eigenvalue weighted by atomic mass is 16.5. The third-order valence-corrected chi connectivity index (χ3v) is 7.30. The van der Waals surface area contributed by atoms with Gasteiger partial charge in [-0.2, -0.15) is 4.98 Å². The Morgan fingerprint density at radius 2 is 1.74 bits per heavy atom. The SMILES string of the molecule is Cn1cnc2ncn(Cc3nc([C@H]4[C@@H]5CN(c6cccc(-c7ccccc7)c6)C[C@@H]54)no3)c(=O)c21. The molecule has 0 radical (unpaired) electrons. The van der Waals surface area contributed by atoms with E-state index in [0.29, 0.717) is 34.8 Å². The number of piperidine rings is 1. The molecular formula is C26H23N7O2. The fraction of sp³-hybridized carbons (Fsp3) is 0.269. The minimum absolute atomic E-state index is 0.175. The lowest BCUT2D eigenvalue weighted by Gasteiger charge is -2.22. The van der Waals surface area contributed by atoms with Crippen molar-refractivity contribution >= 4 is 16.9 Å². The summed E-state index contributed by atoms with van der Waals surface area (Å²) in [5.74, 6) is 2.53. The number of aryl methyl sites for hydroxylation is 1. The zero-order valence-electron chi connectivity index (χ0n) is 19.2. The van der Waals surface area contributed by atoms with E-state index in [0.717, 1.165) is 18.9 Å². The van der Waals surface area contributed by atoms with Gasteiger partial charge in [0.25, 0.3) is 5.56 Å².